The van der Waals surface area contributed by atoms with E-state index in [9.17, 15) is 9.59 Å². The smallest absolute Gasteiger partial charge is 0.308 e. The highest BCUT2D eigenvalue weighted by Crippen LogP contribution is 2.29. The second-order valence-corrected chi connectivity index (χ2v) is 9.45. The van der Waals surface area contributed by atoms with Crippen LogP contribution in [0.4, 0.5) is 0 Å². The lowest BCUT2D eigenvalue weighted by Gasteiger charge is -2.10. The Bertz CT molecular complexity index is 1470. The number of hydrogen-bond donors (Lipinski definition) is 1. The van der Waals surface area contributed by atoms with Gasteiger partial charge in [0.05, 0.1) is 19.1 Å². The number of nitrogens with zero attached hydrogens (tertiary/aromatic N) is 4. The first-order valence-corrected chi connectivity index (χ1v) is 12.8. The molecular formula is C27H24ClN5O4S. The van der Waals surface area contributed by atoms with Crippen LogP contribution in [0.1, 0.15) is 18.1 Å². The zero-order chi connectivity index (χ0) is 27.1. The fourth-order valence-electron chi connectivity index (χ4n) is 3.42. The third-order valence-electron chi connectivity index (χ3n) is 5.20. The number of carbonyl (C=O) groups is 2. The minimum Gasteiger partial charge on any atom is -0.493 e. The van der Waals surface area contributed by atoms with Gasteiger partial charge in [0.25, 0.3) is 5.91 Å². The van der Waals surface area contributed by atoms with E-state index in [4.69, 9.17) is 21.1 Å². The largest absolute Gasteiger partial charge is 0.493 e. The quantitative estimate of drug-likeness (QED) is 0.102. The first-order valence-electron chi connectivity index (χ1n) is 11.4. The maximum atomic E-state index is 12.5. The van der Waals surface area contributed by atoms with Gasteiger partial charge in [-0.25, -0.2) is 5.43 Å². The van der Waals surface area contributed by atoms with Crippen LogP contribution in [0, 0.1) is 6.92 Å². The lowest BCUT2D eigenvalue weighted by molar-refractivity contribution is -0.132. The highest BCUT2D eigenvalue weighted by Gasteiger charge is 2.17. The molecule has 11 heteroatoms. The first-order chi connectivity index (χ1) is 18.3. The summed E-state index contributed by atoms with van der Waals surface area (Å²) in [7, 11) is 1.47. The summed E-state index contributed by atoms with van der Waals surface area (Å²) in [6.45, 7) is 3.33. The average molecular weight is 550 g/mol. The van der Waals surface area contributed by atoms with Crippen LogP contribution in [0.2, 0.25) is 5.02 Å². The molecule has 1 amide bonds. The van der Waals surface area contributed by atoms with Crippen molar-refractivity contribution in [2.24, 2.45) is 5.10 Å². The van der Waals surface area contributed by atoms with E-state index in [1.54, 1.807) is 30.3 Å². The van der Waals surface area contributed by atoms with Crippen molar-refractivity contribution in [2.75, 3.05) is 12.9 Å². The number of amides is 1. The monoisotopic (exact) mass is 549 g/mol. The zero-order valence-electron chi connectivity index (χ0n) is 20.8. The van der Waals surface area contributed by atoms with Gasteiger partial charge < -0.3 is 9.47 Å². The van der Waals surface area contributed by atoms with Crippen LogP contribution in [-0.4, -0.2) is 45.7 Å². The second kappa shape index (κ2) is 12.4. The summed E-state index contributed by atoms with van der Waals surface area (Å²) in [5.41, 5.74) is 6.01. The normalized spacial score (nSPS) is 10.9. The molecule has 0 fully saturated rings. The van der Waals surface area contributed by atoms with Gasteiger partial charge >= 0.3 is 5.97 Å². The Morgan fingerprint density at radius 2 is 1.79 bits per heavy atom. The molecule has 1 aromatic heterocycles. The predicted octanol–water partition coefficient (Wildman–Crippen LogP) is 5.07. The number of aromatic nitrogens is 3. The number of halogens is 1. The summed E-state index contributed by atoms with van der Waals surface area (Å²) in [6.07, 6.45) is 1.47. The molecule has 3 aromatic carbocycles. The van der Waals surface area contributed by atoms with Crippen LogP contribution in [0.3, 0.4) is 0 Å². The minimum absolute atomic E-state index is 0.0612. The summed E-state index contributed by atoms with van der Waals surface area (Å²) in [6, 6.07) is 20.2. The van der Waals surface area contributed by atoms with Crippen LogP contribution in [-0.2, 0) is 9.59 Å². The number of aryl methyl sites for hydroxylation is 1. The molecule has 1 heterocycles. The number of benzene rings is 3. The molecule has 0 unspecified atom stereocenters. The third-order valence-corrected chi connectivity index (χ3v) is 6.39. The van der Waals surface area contributed by atoms with E-state index < -0.39 is 5.97 Å². The number of esters is 1. The molecule has 4 rings (SSSR count). The second-order valence-electron chi connectivity index (χ2n) is 8.07. The Morgan fingerprint density at radius 3 is 2.47 bits per heavy atom. The fourth-order valence-corrected chi connectivity index (χ4v) is 4.29. The van der Waals surface area contributed by atoms with Crippen LogP contribution < -0.4 is 14.9 Å². The SMILES string of the molecule is COc1cc(/C=N\NC(=O)CSc2nnc(-c3ccc(C)cc3)n2-c2ccc(Cl)cc2)ccc1OC(C)=O. The third kappa shape index (κ3) is 6.78. The molecule has 9 nitrogen and oxygen atoms in total. The topological polar surface area (TPSA) is 108 Å². The summed E-state index contributed by atoms with van der Waals surface area (Å²) in [4.78, 5) is 23.7. The Balaban J connectivity index is 1.46. The molecule has 0 radical (unpaired) electrons. The van der Waals surface area contributed by atoms with Crippen LogP contribution in [0.15, 0.2) is 77.0 Å². The number of nitrogens with one attached hydrogen (secondary N) is 1. The highest BCUT2D eigenvalue weighted by atomic mass is 35.5. The van der Waals surface area contributed by atoms with Crippen LogP contribution >= 0.6 is 23.4 Å². The van der Waals surface area contributed by atoms with E-state index in [0.717, 1.165) is 16.8 Å². The zero-order valence-corrected chi connectivity index (χ0v) is 22.4. The van der Waals surface area contributed by atoms with Gasteiger partial charge in [0, 0.05) is 23.2 Å². The number of rotatable bonds is 9. The number of methoxy groups -OCH3 is 1. The van der Waals surface area contributed by atoms with Gasteiger partial charge in [0.15, 0.2) is 22.5 Å². The Hall–Kier alpha value is -4.15. The molecule has 0 bridgehead atoms. The number of thioether (sulfide) groups is 1. The molecule has 0 aliphatic rings. The van der Waals surface area contributed by atoms with E-state index in [-0.39, 0.29) is 11.7 Å². The van der Waals surface area contributed by atoms with Crippen molar-refractivity contribution in [3.63, 3.8) is 0 Å². The standard InChI is InChI=1S/C27H24ClN5O4S/c1-17-4-7-20(8-5-17)26-31-32-27(33(26)22-11-9-21(28)10-12-22)38-16-25(35)30-29-15-19-6-13-23(37-18(2)34)24(14-19)36-3/h4-15H,16H2,1-3H3,(H,30,35)/b29-15-. The number of hydrogen-bond acceptors (Lipinski definition) is 8. The Kier molecular flexibility index (Phi) is 8.77. The van der Waals surface area contributed by atoms with Crippen molar-refractivity contribution in [3.05, 3.63) is 82.9 Å². The maximum Gasteiger partial charge on any atom is 0.308 e. The van der Waals surface area contributed by atoms with Crippen molar-refractivity contribution >= 4 is 41.5 Å². The van der Waals surface area contributed by atoms with Gasteiger partial charge in [-0.15, -0.1) is 10.2 Å². The summed E-state index contributed by atoms with van der Waals surface area (Å²) in [5, 5.41) is 13.9. The van der Waals surface area contributed by atoms with Crippen molar-refractivity contribution in [1.82, 2.24) is 20.2 Å². The lowest BCUT2D eigenvalue weighted by atomic mass is 10.1. The molecule has 0 atom stereocenters. The van der Waals surface area contributed by atoms with Crippen molar-refractivity contribution in [2.45, 2.75) is 19.0 Å². The van der Waals surface area contributed by atoms with Crippen molar-refractivity contribution in [3.8, 4) is 28.6 Å². The summed E-state index contributed by atoms with van der Waals surface area (Å²) in [5.74, 6) is 0.611. The maximum absolute atomic E-state index is 12.5. The van der Waals surface area contributed by atoms with Crippen molar-refractivity contribution in [1.29, 1.82) is 0 Å². The van der Waals surface area contributed by atoms with E-state index in [1.165, 1.54) is 32.0 Å². The molecule has 0 aliphatic carbocycles. The molecule has 0 spiro atoms. The molecule has 0 saturated heterocycles. The van der Waals surface area contributed by atoms with Crippen LogP contribution in [0.25, 0.3) is 17.1 Å². The van der Waals surface area contributed by atoms with Gasteiger partial charge in [0.1, 0.15) is 0 Å². The van der Waals surface area contributed by atoms with Gasteiger partial charge in [-0.1, -0.05) is 53.2 Å². The lowest BCUT2D eigenvalue weighted by Crippen LogP contribution is -2.20. The number of hydrazone groups is 1. The minimum atomic E-state index is -0.452. The molecule has 38 heavy (non-hydrogen) atoms. The van der Waals surface area contributed by atoms with Crippen LogP contribution in [0.5, 0.6) is 11.5 Å². The Labute approximate surface area is 228 Å². The molecular weight excluding hydrogens is 526 g/mol. The molecule has 4 aromatic rings. The highest BCUT2D eigenvalue weighted by molar-refractivity contribution is 7.99. The molecule has 1 N–H and O–H groups in total. The Morgan fingerprint density at radius 1 is 1.05 bits per heavy atom. The van der Waals surface area contributed by atoms with E-state index in [0.29, 0.717) is 33.1 Å². The van der Waals surface area contributed by atoms with Gasteiger partial charge in [-0.05, 0) is 55.0 Å². The predicted molar refractivity (Wildman–Crippen MR) is 147 cm³/mol. The summed E-state index contributed by atoms with van der Waals surface area (Å²) < 4.78 is 12.2. The van der Waals surface area contributed by atoms with Gasteiger partial charge in [0.2, 0.25) is 0 Å². The van der Waals surface area contributed by atoms with Gasteiger partial charge in [-0.2, -0.15) is 5.10 Å². The fraction of sp³-hybridized carbons (Fsp3) is 0.148. The molecule has 0 saturated carbocycles. The number of ether oxygens (including phenoxy) is 2. The first kappa shape index (κ1) is 26.9. The van der Waals surface area contributed by atoms with Crippen molar-refractivity contribution < 1.29 is 19.1 Å². The molecule has 0 aliphatic heterocycles. The van der Waals surface area contributed by atoms with Gasteiger partial charge in [-0.3, -0.25) is 14.2 Å². The molecule has 194 valence electrons. The van der Waals surface area contributed by atoms with E-state index in [1.807, 2.05) is 47.9 Å². The number of carbonyl (C=O) groups excluding carboxylic acids is 2. The van der Waals surface area contributed by atoms with E-state index >= 15 is 0 Å². The van der Waals surface area contributed by atoms with E-state index in [2.05, 4.69) is 20.7 Å². The summed E-state index contributed by atoms with van der Waals surface area (Å²) >= 11 is 7.32. The average Bonchev–Trinajstić information content (AvgIpc) is 3.32.